The van der Waals surface area contributed by atoms with E-state index in [1.165, 1.54) is 0 Å². The first-order valence-corrected chi connectivity index (χ1v) is 9.62. The molecule has 2 unspecified atom stereocenters. The summed E-state index contributed by atoms with van der Waals surface area (Å²) in [6, 6.07) is 3.98. The van der Waals surface area contributed by atoms with Gasteiger partial charge in [0, 0.05) is 42.1 Å². The minimum absolute atomic E-state index is 0.316. The molecule has 2 aromatic rings. The van der Waals surface area contributed by atoms with E-state index in [1.54, 1.807) is 13.3 Å². The fourth-order valence-corrected chi connectivity index (χ4v) is 3.82. The molecule has 27 heavy (non-hydrogen) atoms. The third-order valence-electron chi connectivity index (χ3n) is 5.62. The van der Waals surface area contributed by atoms with Gasteiger partial charge in [0.2, 0.25) is 5.88 Å². The highest BCUT2D eigenvalue weighted by molar-refractivity contribution is 5.79. The fraction of sp³-hybridized carbons (Fsp3) is 0.524. The van der Waals surface area contributed by atoms with E-state index in [4.69, 9.17) is 9.47 Å². The van der Waals surface area contributed by atoms with Crippen molar-refractivity contribution in [3.63, 3.8) is 0 Å². The van der Waals surface area contributed by atoms with Crippen LogP contribution in [0.2, 0.25) is 0 Å². The van der Waals surface area contributed by atoms with Gasteiger partial charge < -0.3 is 9.47 Å². The Labute approximate surface area is 159 Å². The molecule has 2 aliphatic rings. The maximum atomic E-state index is 11.5. The lowest BCUT2D eigenvalue weighted by atomic mass is 9.84. The molecule has 0 radical (unpaired) electrons. The average molecular weight is 367 g/mol. The number of pyridine rings is 1. The van der Waals surface area contributed by atoms with E-state index in [0.29, 0.717) is 54.7 Å². The van der Waals surface area contributed by atoms with Crippen molar-refractivity contribution in [2.45, 2.75) is 50.9 Å². The summed E-state index contributed by atoms with van der Waals surface area (Å²) < 4.78 is 11.3. The number of methoxy groups -OCH3 is 1. The van der Waals surface area contributed by atoms with E-state index in [-0.39, 0.29) is 0 Å². The van der Waals surface area contributed by atoms with Crippen LogP contribution >= 0.6 is 0 Å². The Morgan fingerprint density at radius 1 is 1.15 bits per heavy atom. The Balaban J connectivity index is 1.39. The predicted molar refractivity (Wildman–Crippen MR) is 100 cm³/mol. The topological polar surface area (TPSA) is 74.2 Å². The lowest BCUT2D eigenvalue weighted by Gasteiger charge is -2.22. The summed E-state index contributed by atoms with van der Waals surface area (Å²) in [6.45, 7) is 2.51. The van der Waals surface area contributed by atoms with Crippen LogP contribution in [0.4, 0.5) is 0 Å². The molecule has 2 saturated carbocycles. The highest BCUT2D eigenvalue weighted by Gasteiger charge is 2.40. The number of ketones is 1. The molecule has 2 fully saturated rings. The number of hydrogen-bond acceptors (Lipinski definition) is 6. The number of ether oxygens (including phenoxy) is 2. The molecule has 0 amide bonds. The molecular formula is C21H25N3O3. The van der Waals surface area contributed by atoms with Crippen molar-refractivity contribution < 1.29 is 14.3 Å². The van der Waals surface area contributed by atoms with Gasteiger partial charge in [0.15, 0.2) is 0 Å². The quantitative estimate of drug-likeness (QED) is 0.777. The molecule has 0 N–H and O–H groups in total. The van der Waals surface area contributed by atoms with E-state index < -0.39 is 0 Å². The first-order chi connectivity index (χ1) is 13.1. The molecule has 0 saturated heterocycles. The van der Waals surface area contributed by atoms with Gasteiger partial charge in [-0.05, 0) is 44.2 Å². The molecule has 6 heteroatoms. The first-order valence-electron chi connectivity index (χ1n) is 9.62. The molecule has 142 valence electrons. The predicted octanol–water partition coefficient (Wildman–Crippen LogP) is 3.60. The number of aryl methyl sites for hydroxylation is 1. The molecule has 6 nitrogen and oxygen atoms in total. The second kappa shape index (κ2) is 7.62. The summed E-state index contributed by atoms with van der Waals surface area (Å²) in [6.07, 6.45) is 7.75. The molecule has 2 aliphatic carbocycles. The number of rotatable bonds is 6. The Morgan fingerprint density at radius 2 is 1.96 bits per heavy atom. The molecule has 2 atom stereocenters. The molecule has 4 rings (SSSR count). The maximum absolute atomic E-state index is 11.5. The minimum atomic E-state index is 0.316. The maximum Gasteiger partial charge on any atom is 0.220 e. The Morgan fingerprint density at radius 3 is 2.67 bits per heavy atom. The zero-order valence-electron chi connectivity index (χ0n) is 15.9. The van der Waals surface area contributed by atoms with E-state index >= 15 is 0 Å². The number of nitrogens with zero attached hydrogens (tertiary/aromatic N) is 3. The zero-order chi connectivity index (χ0) is 18.8. The van der Waals surface area contributed by atoms with Crippen molar-refractivity contribution in [2.75, 3.05) is 13.7 Å². The Bertz CT molecular complexity index is 812. The number of carbonyl (C=O) groups excluding carboxylic acids is 1. The van der Waals surface area contributed by atoms with Crippen LogP contribution in [0.5, 0.6) is 11.6 Å². The summed E-state index contributed by atoms with van der Waals surface area (Å²) in [5, 5.41) is 0. The van der Waals surface area contributed by atoms with Crippen molar-refractivity contribution in [1.29, 1.82) is 0 Å². The van der Waals surface area contributed by atoms with Crippen LogP contribution in [0.1, 0.15) is 61.0 Å². The smallest absolute Gasteiger partial charge is 0.220 e. The van der Waals surface area contributed by atoms with Crippen molar-refractivity contribution in [1.82, 2.24) is 15.0 Å². The monoisotopic (exact) mass is 367 g/mol. The summed E-state index contributed by atoms with van der Waals surface area (Å²) in [5.74, 6) is 3.75. The van der Waals surface area contributed by atoms with Crippen LogP contribution in [-0.4, -0.2) is 34.5 Å². The second-order valence-corrected chi connectivity index (χ2v) is 7.53. The van der Waals surface area contributed by atoms with Crippen LogP contribution in [0.3, 0.4) is 0 Å². The third kappa shape index (κ3) is 4.10. The number of Topliss-reactive ketones (excluding diaryl/α,β-unsaturated/α-hetero) is 1. The first kappa shape index (κ1) is 17.9. The van der Waals surface area contributed by atoms with Crippen LogP contribution < -0.4 is 9.47 Å². The van der Waals surface area contributed by atoms with Gasteiger partial charge in [-0.3, -0.25) is 9.78 Å². The van der Waals surface area contributed by atoms with Crippen molar-refractivity contribution >= 4 is 5.78 Å². The number of aromatic nitrogens is 3. The van der Waals surface area contributed by atoms with Crippen molar-refractivity contribution in [3.8, 4) is 11.6 Å². The lowest BCUT2D eigenvalue weighted by molar-refractivity contribution is -0.120. The van der Waals surface area contributed by atoms with E-state index in [9.17, 15) is 4.79 Å². The van der Waals surface area contributed by atoms with Gasteiger partial charge >= 0.3 is 0 Å². The van der Waals surface area contributed by atoms with Gasteiger partial charge in [-0.2, -0.15) is 4.98 Å². The van der Waals surface area contributed by atoms with Gasteiger partial charge in [-0.25, -0.2) is 4.98 Å². The molecule has 0 aliphatic heterocycles. The summed E-state index contributed by atoms with van der Waals surface area (Å²) >= 11 is 0. The highest BCUT2D eigenvalue weighted by atomic mass is 16.5. The van der Waals surface area contributed by atoms with Gasteiger partial charge in [0.25, 0.3) is 0 Å². The standard InChI is InChI=1S/C21H25N3O3/c1-13-22-11-19(14-3-5-16(25)6-4-14)21(24-13)27-12-15-9-18(15)20-8-7-17(26-2)10-23-20/h7-8,10-11,14-15,18H,3-6,9,12H2,1-2H3. The SMILES string of the molecule is COc1ccc(C2CC2COc2nc(C)ncc2C2CCC(=O)CC2)nc1. The van der Waals surface area contributed by atoms with Crippen molar-refractivity contribution in [2.24, 2.45) is 5.92 Å². The van der Waals surface area contributed by atoms with E-state index in [2.05, 4.69) is 15.0 Å². The average Bonchev–Trinajstić information content (AvgIpc) is 3.47. The van der Waals surface area contributed by atoms with Crippen LogP contribution in [0.25, 0.3) is 0 Å². The normalized spacial score (nSPS) is 22.5. The molecule has 0 aromatic carbocycles. The highest BCUT2D eigenvalue weighted by Crippen LogP contribution is 2.47. The largest absolute Gasteiger partial charge is 0.495 e. The molecular weight excluding hydrogens is 342 g/mol. The van der Waals surface area contributed by atoms with Gasteiger partial charge in [0.05, 0.1) is 19.9 Å². The Kier molecular flexibility index (Phi) is 5.05. The van der Waals surface area contributed by atoms with Gasteiger partial charge in [-0.1, -0.05) is 0 Å². The van der Waals surface area contributed by atoms with Gasteiger partial charge in [-0.15, -0.1) is 0 Å². The number of hydrogen-bond donors (Lipinski definition) is 0. The summed E-state index contributed by atoms with van der Waals surface area (Å²) in [7, 11) is 1.65. The molecule has 2 aromatic heterocycles. The number of carbonyl (C=O) groups is 1. The third-order valence-corrected chi connectivity index (χ3v) is 5.62. The summed E-state index contributed by atoms with van der Waals surface area (Å²) in [5.41, 5.74) is 2.14. The lowest BCUT2D eigenvalue weighted by Crippen LogP contribution is -2.15. The van der Waals surface area contributed by atoms with Gasteiger partial charge in [0.1, 0.15) is 17.4 Å². The minimum Gasteiger partial charge on any atom is -0.495 e. The fourth-order valence-electron chi connectivity index (χ4n) is 3.82. The van der Waals surface area contributed by atoms with Crippen molar-refractivity contribution in [3.05, 3.63) is 41.6 Å². The summed E-state index contributed by atoms with van der Waals surface area (Å²) in [4.78, 5) is 24.9. The molecule has 0 spiro atoms. The Hall–Kier alpha value is -2.50. The molecule has 0 bridgehead atoms. The zero-order valence-corrected chi connectivity index (χ0v) is 15.9. The van der Waals surface area contributed by atoms with E-state index in [1.807, 2.05) is 25.3 Å². The molecule has 2 heterocycles. The van der Waals surface area contributed by atoms with E-state index in [0.717, 1.165) is 36.3 Å². The van der Waals surface area contributed by atoms with Crippen LogP contribution in [0.15, 0.2) is 24.5 Å². The van der Waals surface area contributed by atoms with Crippen LogP contribution in [-0.2, 0) is 4.79 Å². The van der Waals surface area contributed by atoms with Crippen LogP contribution in [0, 0.1) is 12.8 Å². The second-order valence-electron chi connectivity index (χ2n) is 7.53.